The van der Waals surface area contributed by atoms with Crippen molar-refractivity contribution in [3.63, 3.8) is 0 Å². The van der Waals surface area contributed by atoms with Gasteiger partial charge in [0.15, 0.2) is 0 Å². The number of rotatable bonds is 5. The van der Waals surface area contributed by atoms with Crippen molar-refractivity contribution in [2.45, 2.75) is 26.3 Å². The minimum absolute atomic E-state index is 0.183. The van der Waals surface area contributed by atoms with Gasteiger partial charge < -0.3 is 10.1 Å². The first-order valence-corrected chi connectivity index (χ1v) is 5.95. The summed E-state index contributed by atoms with van der Waals surface area (Å²) in [5, 5.41) is 2.46. The van der Waals surface area contributed by atoms with Crippen LogP contribution in [0.3, 0.4) is 0 Å². The fourth-order valence-corrected chi connectivity index (χ4v) is 1.62. The minimum Gasteiger partial charge on any atom is -0.467 e. The molecule has 1 atom stereocenters. The van der Waals surface area contributed by atoms with Gasteiger partial charge in [-0.15, -0.1) is 0 Å². The van der Waals surface area contributed by atoms with Gasteiger partial charge in [-0.1, -0.05) is 13.8 Å². The van der Waals surface area contributed by atoms with E-state index in [1.807, 2.05) is 13.8 Å². The Morgan fingerprint density at radius 2 is 2.16 bits per heavy atom. The average Bonchev–Trinajstić information content (AvgIpc) is 2.36. The summed E-state index contributed by atoms with van der Waals surface area (Å²) < 4.78 is 18.0. The van der Waals surface area contributed by atoms with Crippen LogP contribution >= 0.6 is 0 Å². The van der Waals surface area contributed by atoms with E-state index in [1.165, 1.54) is 25.4 Å². The van der Waals surface area contributed by atoms with Crippen LogP contribution in [0.1, 0.15) is 30.6 Å². The quantitative estimate of drug-likeness (QED) is 0.649. The van der Waals surface area contributed by atoms with E-state index in [2.05, 4.69) is 15.0 Å². The summed E-state index contributed by atoms with van der Waals surface area (Å²) in [4.78, 5) is 26.8. The molecule has 1 rings (SSSR count). The number of hydrogen-bond donors (Lipinski definition) is 1. The number of hydrogen-bond acceptors (Lipinski definition) is 4. The topological polar surface area (TPSA) is 68.3 Å². The summed E-state index contributed by atoms with van der Waals surface area (Å²) >= 11 is 0. The van der Waals surface area contributed by atoms with Crippen molar-refractivity contribution in [1.29, 1.82) is 0 Å². The van der Waals surface area contributed by atoms with Gasteiger partial charge in [0.2, 0.25) is 5.95 Å². The molecule has 1 aromatic heterocycles. The Hall–Kier alpha value is -1.98. The highest BCUT2D eigenvalue weighted by Crippen LogP contribution is 2.09. The third kappa shape index (κ3) is 4.31. The molecule has 0 aliphatic rings. The zero-order valence-electron chi connectivity index (χ0n) is 11.1. The van der Waals surface area contributed by atoms with E-state index in [0.29, 0.717) is 6.42 Å². The Morgan fingerprint density at radius 3 is 2.68 bits per heavy atom. The van der Waals surface area contributed by atoms with Crippen LogP contribution in [0.5, 0.6) is 0 Å². The molecule has 0 aliphatic carbocycles. The maximum absolute atomic E-state index is 13.3. The van der Waals surface area contributed by atoms with Crippen LogP contribution in [0, 0.1) is 11.9 Å². The molecule has 1 unspecified atom stereocenters. The van der Waals surface area contributed by atoms with Gasteiger partial charge in [-0.3, -0.25) is 4.79 Å². The Bertz CT molecular complexity index is 463. The summed E-state index contributed by atoms with van der Waals surface area (Å²) in [5.74, 6) is -1.91. The summed E-state index contributed by atoms with van der Waals surface area (Å²) in [5.41, 5.74) is -0.194. The second-order valence-electron chi connectivity index (χ2n) is 4.52. The lowest BCUT2D eigenvalue weighted by Crippen LogP contribution is -2.42. The second kappa shape index (κ2) is 6.82. The van der Waals surface area contributed by atoms with Gasteiger partial charge in [0.05, 0.1) is 12.7 Å². The van der Waals surface area contributed by atoms with Gasteiger partial charge in [0.25, 0.3) is 5.91 Å². The third-order valence-corrected chi connectivity index (χ3v) is 2.50. The summed E-state index contributed by atoms with van der Waals surface area (Å²) in [6.45, 7) is 3.82. The lowest BCUT2D eigenvalue weighted by molar-refractivity contribution is -0.143. The van der Waals surface area contributed by atoms with E-state index in [1.54, 1.807) is 0 Å². The lowest BCUT2D eigenvalue weighted by atomic mass is 10.0. The molecular weight excluding hydrogens is 251 g/mol. The highest BCUT2D eigenvalue weighted by atomic mass is 19.1. The Balaban J connectivity index is 2.82. The van der Waals surface area contributed by atoms with Gasteiger partial charge in [-0.2, -0.15) is 4.39 Å². The largest absolute Gasteiger partial charge is 0.467 e. The van der Waals surface area contributed by atoms with Crippen molar-refractivity contribution < 1.29 is 18.7 Å². The molecule has 6 heteroatoms. The first kappa shape index (κ1) is 15.1. The van der Waals surface area contributed by atoms with Crippen LogP contribution in [-0.2, 0) is 9.53 Å². The zero-order valence-corrected chi connectivity index (χ0v) is 11.1. The predicted molar refractivity (Wildman–Crippen MR) is 66.9 cm³/mol. The first-order valence-electron chi connectivity index (χ1n) is 5.95. The van der Waals surface area contributed by atoms with Crippen LogP contribution in [0.4, 0.5) is 4.39 Å². The highest BCUT2D eigenvalue weighted by molar-refractivity contribution is 5.96. The van der Waals surface area contributed by atoms with Gasteiger partial charge in [0.1, 0.15) is 6.04 Å². The fourth-order valence-electron chi connectivity index (χ4n) is 1.62. The monoisotopic (exact) mass is 268 g/mol. The van der Waals surface area contributed by atoms with Crippen molar-refractivity contribution in [2.75, 3.05) is 7.11 Å². The molecule has 1 amide bonds. The number of nitrogens with zero attached hydrogens (tertiary/aromatic N) is 1. The molecule has 104 valence electrons. The number of ether oxygens (including phenoxy) is 1. The number of carbonyl (C=O) groups excluding carboxylic acids is 2. The standard InChI is InChI=1S/C13H17FN2O3/c1-8(2)7-10(13(18)19-3)16-12(17)9-5-4-6-15-11(9)14/h4-6,8,10H,7H2,1-3H3,(H,16,17). The fraction of sp³-hybridized carbons (Fsp3) is 0.462. The van der Waals surface area contributed by atoms with Crippen molar-refractivity contribution in [2.24, 2.45) is 5.92 Å². The molecule has 19 heavy (non-hydrogen) atoms. The molecule has 0 aromatic carbocycles. The number of nitrogens with one attached hydrogen (secondary N) is 1. The number of methoxy groups -OCH3 is 1. The molecule has 1 N–H and O–H groups in total. The van der Waals surface area contributed by atoms with Gasteiger partial charge in [-0.25, -0.2) is 9.78 Å². The van der Waals surface area contributed by atoms with E-state index in [9.17, 15) is 14.0 Å². The van der Waals surface area contributed by atoms with Crippen molar-refractivity contribution in [3.05, 3.63) is 29.8 Å². The van der Waals surface area contributed by atoms with E-state index >= 15 is 0 Å². The summed E-state index contributed by atoms with van der Waals surface area (Å²) in [6.07, 6.45) is 1.66. The van der Waals surface area contributed by atoms with Crippen molar-refractivity contribution in [3.8, 4) is 0 Å². The van der Waals surface area contributed by atoms with Crippen LogP contribution < -0.4 is 5.32 Å². The van der Waals surface area contributed by atoms with Crippen molar-refractivity contribution in [1.82, 2.24) is 10.3 Å². The Kier molecular flexibility index (Phi) is 5.41. The smallest absolute Gasteiger partial charge is 0.328 e. The van der Waals surface area contributed by atoms with Crippen molar-refractivity contribution >= 4 is 11.9 Å². The molecule has 1 aromatic rings. The van der Waals surface area contributed by atoms with Crippen LogP contribution in [0.15, 0.2) is 18.3 Å². The predicted octanol–water partition coefficient (Wildman–Crippen LogP) is 1.54. The molecule has 0 fully saturated rings. The average molecular weight is 268 g/mol. The number of halogens is 1. The van der Waals surface area contributed by atoms with E-state index < -0.39 is 23.9 Å². The van der Waals surface area contributed by atoms with E-state index in [-0.39, 0.29) is 11.5 Å². The maximum Gasteiger partial charge on any atom is 0.328 e. The molecule has 0 saturated heterocycles. The van der Waals surface area contributed by atoms with Gasteiger partial charge in [0, 0.05) is 6.20 Å². The van der Waals surface area contributed by atoms with Crippen LogP contribution in [0.2, 0.25) is 0 Å². The second-order valence-corrected chi connectivity index (χ2v) is 4.52. The summed E-state index contributed by atoms with van der Waals surface area (Å²) in [6, 6.07) is 1.96. The van der Waals surface area contributed by atoms with E-state index in [0.717, 1.165) is 0 Å². The zero-order chi connectivity index (χ0) is 14.4. The number of carbonyl (C=O) groups is 2. The van der Waals surface area contributed by atoms with Gasteiger partial charge >= 0.3 is 5.97 Å². The number of esters is 1. The molecule has 1 heterocycles. The van der Waals surface area contributed by atoms with Crippen LogP contribution in [0.25, 0.3) is 0 Å². The normalized spacial score (nSPS) is 12.1. The molecule has 5 nitrogen and oxygen atoms in total. The number of pyridine rings is 1. The molecule has 0 spiro atoms. The molecule has 0 radical (unpaired) electrons. The first-order chi connectivity index (χ1) is 8.95. The molecule has 0 aliphatic heterocycles. The Morgan fingerprint density at radius 1 is 1.47 bits per heavy atom. The van der Waals surface area contributed by atoms with Crippen LogP contribution in [-0.4, -0.2) is 30.0 Å². The van der Waals surface area contributed by atoms with Gasteiger partial charge in [-0.05, 0) is 24.5 Å². The Labute approximate surface area is 111 Å². The molecular formula is C13H17FN2O3. The lowest BCUT2D eigenvalue weighted by Gasteiger charge is -2.18. The third-order valence-electron chi connectivity index (χ3n) is 2.50. The SMILES string of the molecule is COC(=O)C(CC(C)C)NC(=O)c1cccnc1F. The van der Waals surface area contributed by atoms with E-state index in [4.69, 9.17) is 0 Å². The molecule has 0 saturated carbocycles. The number of amides is 1. The highest BCUT2D eigenvalue weighted by Gasteiger charge is 2.24. The minimum atomic E-state index is -0.867. The summed E-state index contributed by atoms with van der Waals surface area (Å²) in [7, 11) is 1.24. The molecule has 0 bridgehead atoms. The maximum atomic E-state index is 13.3. The number of aromatic nitrogens is 1.